The van der Waals surface area contributed by atoms with Crippen LogP contribution in [0.5, 0.6) is 0 Å². The number of H-pyrrole nitrogens is 1. The SMILES string of the molecule is CCC1COCCN1C(=O)Nc1cc(C)[nH]c1C(=O)O. The molecule has 20 heavy (non-hydrogen) atoms. The summed E-state index contributed by atoms with van der Waals surface area (Å²) in [5.41, 5.74) is 0.977. The molecule has 1 aromatic heterocycles. The Morgan fingerprint density at radius 3 is 3.00 bits per heavy atom. The van der Waals surface area contributed by atoms with Crippen LogP contribution in [0.25, 0.3) is 0 Å². The van der Waals surface area contributed by atoms with E-state index in [1.54, 1.807) is 17.9 Å². The number of nitrogens with zero attached hydrogens (tertiary/aromatic N) is 1. The van der Waals surface area contributed by atoms with E-state index in [1.807, 2.05) is 6.92 Å². The van der Waals surface area contributed by atoms with E-state index in [2.05, 4.69) is 10.3 Å². The highest BCUT2D eigenvalue weighted by Gasteiger charge is 2.27. The maximum atomic E-state index is 12.3. The Morgan fingerprint density at radius 2 is 2.35 bits per heavy atom. The van der Waals surface area contributed by atoms with Gasteiger partial charge in [-0.25, -0.2) is 9.59 Å². The normalized spacial score (nSPS) is 18.9. The molecule has 2 rings (SSSR count). The quantitative estimate of drug-likeness (QED) is 0.785. The molecule has 2 amide bonds. The zero-order valence-electron chi connectivity index (χ0n) is 11.6. The molecule has 1 atom stereocenters. The van der Waals surface area contributed by atoms with E-state index in [9.17, 15) is 9.59 Å². The summed E-state index contributed by atoms with van der Waals surface area (Å²) in [4.78, 5) is 27.8. The molecule has 0 spiro atoms. The summed E-state index contributed by atoms with van der Waals surface area (Å²) in [5, 5.41) is 11.8. The lowest BCUT2D eigenvalue weighted by Crippen LogP contribution is -2.50. The van der Waals surface area contributed by atoms with Gasteiger partial charge in [0.15, 0.2) is 0 Å². The van der Waals surface area contributed by atoms with Crippen LogP contribution < -0.4 is 5.32 Å². The minimum atomic E-state index is -1.09. The minimum Gasteiger partial charge on any atom is -0.477 e. The third kappa shape index (κ3) is 2.93. The van der Waals surface area contributed by atoms with Crippen molar-refractivity contribution in [2.75, 3.05) is 25.1 Å². The van der Waals surface area contributed by atoms with E-state index in [1.165, 1.54) is 0 Å². The number of urea groups is 1. The fraction of sp³-hybridized carbons (Fsp3) is 0.538. The topological polar surface area (TPSA) is 94.7 Å². The summed E-state index contributed by atoms with van der Waals surface area (Å²) >= 11 is 0. The zero-order chi connectivity index (χ0) is 14.7. The van der Waals surface area contributed by atoms with Gasteiger partial charge in [0.25, 0.3) is 0 Å². The predicted octanol–water partition coefficient (Wildman–Crippen LogP) is 1.66. The van der Waals surface area contributed by atoms with Gasteiger partial charge in [-0.2, -0.15) is 0 Å². The number of ether oxygens (including phenoxy) is 1. The molecule has 1 saturated heterocycles. The monoisotopic (exact) mass is 281 g/mol. The van der Waals surface area contributed by atoms with Crippen molar-refractivity contribution in [1.29, 1.82) is 0 Å². The van der Waals surface area contributed by atoms with Crippen LogP contribution in [0.15, 0.2) is 6.07 Å². The van der Waals surface area contributed by atoms with E-state index in [-0.39, 0.29) is 17.8 Å². The second-order valence-electron chi connectivity index (χ2n) is 4.81. The van der Waals surface area contributed by atoms with Crippen molar-refractivity contribution in [3.05, 3.63) is 17.5 Å². The predicted molar refractivity (Wildman–Crippen MR) is 73.1 cm³/mol. The van der Waals surface area contributed by atoms with Crippen LogP contribution in [0.4, 0.5) is 10.5 Å². The molecular weight excluding hydrogens is 262 g/mol. The molecule has 0 bridgehead atoms. The summed E-state index contributed by atoms with van der Waals surface area (Å²) in [6, 6.07) is 1.35. The summed E-state index contributed by atoms with van der Waals surface area (Å²) in [6.07, 6.45) is 0.797. The number of aromatic carboxylic acids is 1. The first kappa shape index (κ1) is 14.4. The summed E-state index contributed by atoms with van der Waals surface area (Å²) in [5.74, 6) is -1.09. The smallest absolute Gasteiger partial charge is 0.354 e. The van der Waals surface area contributed by atoms with Crippen molar-refractivity contribution in [2.24, 2.45) is 0 Å². The number of carbonyl (C=O) groups is 2. The number of carboxylic acid groups (broad SMARTS) is 1. The molecule has 2 heterocycles. The van der Waals surface area contributed by atoms with Crippen molar-refractivity contribution < 1.29 is 19.4 Å². The number of amides is 2. The zero-order valence-corrected chi connectivity index (χ0v) is 11.6. The van der Waals surface area contributed by atoms with Crippen molar-refractivity contribution >= 4 is 17.7 Å². The molecule has 7 heteroatoms. The Hall–Kier alpha value is -2.02. The second-order valence-corrected chi connectivity index (χ2v) is 4.81. The number of rotatable bonds is 3. The molecule has 7 nitrogen and oxygen atoms in total. The van der Waals surface area contributed by atoms with Crippen LogP contribution in [0.2, 0.25) is 0 Å². The number of hydrogen-bond donors (Lipinski definition) is 3. The van der Waals surface area contributed by atoms with E-state index < -0.39 is 5.97 Å². The number of aromatic nitrogens is 1. The summed E-state index contributed by atoms with van der Waals surface area (Å²) in [6.45, 7) is 5.26. The lowest BCUT2D eigenvalue weighted by atomic mass is 10.2. The van der Waals surface area contributed by atoms with Gasteiger partial charge in [-0.05, 0) is 19.4 Å². The van der Waals surface area contributed by atoms with E-state index in [0.29, 0.717) is 31.1 Å². The number of carboxylic acids is 1. The fourth-order valence-electron chi connectivity index (χ4n) is 2.30. The maximum absolute atomic E-state index is 12.3. The van der Waals surface area contributed by atoms with Gasteiger partial charge in [-0.1, -0.05) is 6.92 Å². The summed E-state index contributed by atoms with van der Waals surface area (Å²) < 4.78 is 5.35. The number of hydrogen-bond acceptors (Lipinski definition) is 3. The van der Waals surface area contributed by atoms with Crippen LogP contribution in [0.1, 0.15) is 29.5 Å². The number of nitrogens with one attached hydrogen (secondary N) is 2. The molecule has 1 unspecified atom stereocenters. The van der Waals surface area contributed by atoms with E-state index in [0.717, 1.165) is 6.42 Å². The molecule has 1 aliphatic heterocycles. The van der Waals surface area contributed by atoms with Gasteiger partial charge in [-0.3, -0.25) is 0 Å². The summed E-state index contributed by atoms with van der Waals surface area (Å²) in [7, 11) is 0. The molecule has 0 aromatic carbocycles. The van der Waals surface area contributed by atoms with Crippen LogP contribution >= 0.6 is 0 Å². The highest BCUT2D eigenvalue weighted by atomic mass is 16.5. The standard InChI is InChI=1S/C13H19N3O4/c1-3-9-7-20-5-4-16(9)13(19)15-10-6-8(2)14-11(10)12(17)18/h6,9,14H,3-5,7H2,1-2H3,(H,15,19)(H,17,18). The number of aryl methyl sites for hydroxylation is 1. The Labute approximate surface area is 116 Å². The molecule has 1 fully saturated rings. The van der Waals surface area contributed by atoms with Crippen molar-refractivity contribution in [2.45, 2.75) is 26.3 Å². The third-order valence-corrected chi connectivity index (χ3v) is 3.37. The van der Waals surface area contributed by atoms with Gasteiger partial charge >= 0.3 is 12.0 Å². The Balaban J connectivity index is 2.12. The molecule has 0 saturated carbocycles. The van der Waals surface area contributed by atoms with Gasteiger partial charge < -0.3 is 25.0 Å². The Morgan fingerprint density at radius 1 is 1.60 bits per heavy atom. The highest BCUT2D eigenvalue weighted by molar-refractivity contribution is 5.99. The lowest BCUT2D eigenvalue weighted by molar-refractivity contribution is 0.0144. The third-order valence-electron chi connectivity index (χ3n) is 3.37. The number of morpholine rings is 1. The van der Waals surface area contributed by atoms with Crippen LogP contribution in [-0.4, -0.2) is 52.8 Å². The van der Waals surface area contributed by atoms with Gasteiger partial charge in [0.1, 0.15) is 5.69 Å². The van der Waals surface area contributed by atoms with Crippen molar-refractivity contribution in [3.63, 3.8) is 0 Å². The Bertz CT molecular complexity index is 512. The molecule has 110 valence electrons. The minimum absolute atomic E-state index is 0.00263. The average molecular weight is 281 g/mol. The van der Waals surface area contributed by atoms with Crippen LogP contribution in [0, 0.1) is 6.92 Å². The van der Waals surface area contributed by atoms with E-state index >= 15 is 0 Å². The van der Waals surface area contributed by atoms with Gasteiger partial charge in [0.05, 0.1) is 24.9 Å². The fourth-order valence-corrected chi connectivity index (χ4v) is 2.30. The Kier molecular flexibility index (Phi) is 4.29. The van der Waals surface area contributed by atoms with Gasteiger partial charge in [0, 0.05) is 12.2 Å². The molecule has 1 aromatic rings. The number of anilines is 1. The van der Waals surface area contributed by atoms with Gasteiger partial charge in [0.2, 0.25) is 0 Å². The van der Waals surface area contributed by atoms with Gasteiger partial charge in [-0.15, -0.1) is 0 Å². The van der Waals surface area contributed by atoms with Crippen molar-refractivity contribution in [1.82, 2.24) is 9.88 Å². The van der Waals surface area contributed by atoms with Crippen LogP contribution in [-0.2, 0) is 4.74 Å². The molecule has 3 N–H and O–H groups in total. The molecule has 0 radical (unpaired) electrons. The first-order chi connectivity index (χ1) is 9.52. The second kappa shape index (κ2) is 5.96. The molecule has 1 aliphatic rings. The average Bonchev–Trinajstić information content (AvgIpc) is 2.79. The lowest BCUT2D eigenvalue weighted by Gasteiger charge is -2.34. The van der Waals surface area contributed by atoms with E-state index in [4.69, 9.17) is 9.84 Å². The van der Waals surface area contributed by atoms with Crippen molar-refractivity contribution in [3.8, 4) is 0 Å². The first-order valence-corrected chi connectivity index (χ1v) is 6.61. The molecular formula is C13H19N3O4. The molecule has 0 aliphatic carbocycles. The largest absolute Gasteiger partial charge is 0.477 e. The first-order valence-electron chi connectivity index (χ1n) is 6.61. The maximum Gasteiger partial charge on any atom is 0.354 e. The number of aromatic amines is 1. The highest BCUT2D eigenvalue weighted by Crippen LogP contribution is 2.19. The number of carbonyl (C=O) groups excluding carboxylic acids is 1. The van der Waals surface area contributed by atoms with Crippen LogP contribution in [0.3, 0.4) is 0 Å².